The van der Waals surface area contributed by atoms with Gasteiger partial charge >= 0.3 is 0 Å². The van der Waals surface area contributed by atoms with Crippen LogP contribution < -0.4 is 10.6 Å². The first-order valence-corrected chi connectivity index (χ1v) is 11.6. The summed E-state index contributed by atoms with van der Waals surface area (Å²) in [4.78, 5) is 26.0. The molecule has 4 rings (SSSR count). The van der Waals surface area contributed by atoms with Crippen LogP contribution in [0.1, 0.15) is 30.4 Å². The largest absolute Gasteiger partial charge is 0.352 e. The third kappa shape index (κ3) is 5.02. The van der Waals surface area contributed by atoms with Crippen LogP contribution in [-0.4, -0.2) is 23.1 Å². The zero-order chi connectivity index (χ0) is 21.1. The van der Waals surface area contributed by atoms with Crippen LogP contribution in [0.3, 0.4) is 0 Å². The summed E-state index contributed by atoms with van der Waals surface area (Å²) >= 11 is 13.7. The summed E-state index contributed by atoms with van der Waals surface area (Å²) in [5, 5.41) is 7.70. The van der Waals surface area contributed by atoms with Crippen LogP contribution >= 0.6 is 35.0 Å². The predicted molar refractivity (Wildman–Crippen MR) is 123 cm³/mol. The van der Waals surface area contributed by atoms with Gasteiger partial charge in [0.2, 0.25) is 5.91 Å². The molecule has 1 saturated heterocycles. The van der Waals surface area contributed by atoms with Gasteiger partial charge in [0, 0.05) is 33.8 Å². The molecule has 2 N–H and O–H groups in total. The van der Waals surface area contributed by atoms with Crippen LogP contribution in [0.5, 0.6) is 0 Å². The molecule has 2 aliphatic rings. The van der Waals surface area contributed by atoms with Gasteiger partial charge in [-0.25, -0.2) is 0 Å². The van der Waals surface area contributed by atoms with Crippen LogP contribution in [0, 0.1) is 5.92 Å². The molecule has 0 radical (unpaired) electrons. The second-order valence-corrected chi connectivity index (χ2v) is 9.75. The number of amides is 2. The summed E-state index contributed by atoms with van der Waals surface area (Å²) in [6, 6.07) is 14.9. The molecule has 1 heterocycles. The molecule has 1 aliphatic carbocycles. The SMILES string of the molecule is O=C1NC2CC(C(=O)NCc3ccc(Cl)cc3)CCC2S/C1=C/c1ccccc1Cl. The molecule has 30 heavy (non-hydrogen) atoms. The van der Waals surface area contributed by atoms with Crippen LogP contribution in [0.15, 0.2) is 53.4 Å². The summed E-state index contributed by atoms with van der Waals surface area (Å²) in [6.07, 6.45) is 4.21. The molecule has 3 unspecified atom stereocenters. The van der Waals surface area contributed by atoms with Gasteiger partial charge in [-0.1, -0.05) is 53.5 Å². The molecular weight excluding hydrogens is 439 g/mol. The van der Waals surface area contributed by atoms with E-state index < -0.39 is 0 Å². The Balaban J connectivity index is 1.35. The van der Waals surface area contributed by atoms with E-state index in [1.165, 1.54) is 0 Å². The molecule has 0 bridgehead atoms. The number of carbonyl (C=O) groups excluding carboxylic acids is 2. The van der Waals surface area contributed by atoms with Crippen LogP contribution in [0.4, 0.5) is 0 Å². The fraction of sp³-hybridized carbons (Fsp3) is 0.304. The van der Waals surface area contributed by atoms with Gasteiger partial charge in [-0.15, -0.1) is 11.8 Å². The van der Waals surface area contributed by atoms with Gasteiger partial charge in [-0.2, -0.15) is 0 Å². The lowest BCUT2D eigenvalue weighted by atomic mass is 9.84. The standard InChI is InChI=1S/C23H22Cl2N2O2S/c24-17-8-5-14(6-9-17)13-26-22(28)16-7-10-20-19(11-16)27-23(29)21(30-20)12-15-3-1-2-4-18(15)25/h1-6,8-9,12,16,19-20H,7,10-11,13H2,(H,26,28)(H,27,29)/b21-12+. The highest BCUT2D eigenvalue weighted by atomic mass is 35.5. The summed E-state index contributed by atoms with van der Waals surface area (Å²) in [7, 11) is 0. The van der Waals surface area contributed by atoms with Crippen molar-refractivity contribution in [3.63, 3.8) is 0 Å². The Morgan fingerprint density at radius 3 is 2.67 bits per heavy atom. The van der Waals surface area contributed by atoms with E-state index in [4.69, 9.17) is 23.2 Å². The van der Waals surface area contributed by atoms with E-state index in [0.717, 1.165) is 24.0 Å². The molecule has 2 aromatic rings. The maximum atomic E-state index is 12.7. The lowest BCUT2D eigenvalue weighted by Crippen LogP contribution is -2.51. The molecular formula is C23H22Cl2N2O2S. The van der Waals surface area contributed by atoms with Crippen molar-refractivity contribution in [2.75, 3.05) is 0 Å². The summed E-state index contributed by atoms with van der Waals surface area (Å²) in [5.74, 6) is -0.142. The van der Waals surface area contributed by atoms with E-state index in [9.17, 15) is 9.59 Å². The summed E-state index contributed by atoms with van der Waals surface area (Å²) < 4.78 is 0. The van der Waals surface area contributed by atoms with Crippen LogP contribution in [0.2, 0.25) is 10.0 Å². The average Bonchev–Trinajstić information content (AvgIpc) is 2.75. The van der Waals surface area contributed by atoms with E-state index in [1.54, 1.807) is 11.8 Å². The molecule has 4 nitrogen and oxygen atoms in total. The van der Waals surface area contributed by atoms with Crippen molar-refractivity contribution in [1.29, 1.82) is 0 Å². The number of hydrogen-bond donors (Lipinski definition) is 2. The lowest BCUT2D eigenvalue weighted by molar-refractivity contribution is -0.127. The average molecular weight is 461 g/mol. The van der Waals surface area contributed by atoms with Gasteiger partial charge in [0.25, 0.3) is 5.91 Å². The lowest BCUT2D eigenvalue weighted by Gasteiger charge is -2.39. The number of nitrogens with one attached hydrogen (secondary N) is 2. The molecule has 2 aromatic carbocycles. The van der Waals surface area contributed by atoms with Gasteiger partial charge in [-0.05, 0) is 54.7 Å². The highest BCUT2D eigenvalue weighted by Crippen LogP contribution is 2.40. The molecule has 1 aliphatic heterocycles. The zero-order valence-electron chi connectivity index (χ0n) is 16.2. The number of hydrogen-bond acceptors (Lipinski definition) is 3. The maximum absolute atomic E-state index is 12.7. The number of thioether (sulfide) groups is 1. The molecule has 3 atom stereocenters. The minimum atomic E-state index is -0.0941. The van der Waals surface area contributed by atoms with Crippen LogP contribution in [0.25, 0.3) is 6.08 Å². The normalized spacial score (nSPS) is 24.8. The minimum absolute atomic E-state index is 0.00549. The summed E-state index contributed by atoms with van der Waals surface area (Å²) in [6.45, 7) is 0.479. The van der Waals surface area contributed by atoms with Gasteiger partial charge < -0.3 is 10.6 Å². The van der Waals surface area contributed by atoms with Gasteiger partial charge in [-0.3, -0.25) is 9.59 Å². The Hall–Kier alpha value is -1.95. The highest BCUT2D eigenvalue weighted by Gasteiger charge is 2.39. The third-order valence-electron chi connectivity index (χ3n) is 5.55. The highest BCUT2D eigenvalue weighted by molar-refractivity contribution is 8.04. The Morgan fingerprint density at radius 2 is 1.90 bits per heavy atom. The number of carbonyl (C=O) groups is 2. The second kappa shape index (κ2) is 9.46. The van der Waals surface area contributed by atoms with Crippen molar-refractivity contribution in [2.24, 2.45) is 5.92 Å². The number of benzene rings is 2. The first-order valence-electron chi connectivity index (χ1n) is 9.95. The second-order valence-electron chi connectivity index (χ2n) is 7.62. The van der Waals surface area contributed by atoms with Crippen molar-refractivity contribution < 1.29 is 9.59 Å². The Morgan fingerprint density at radius 1 is 1.13 bits per heavy atom. The van der Waals surface area contributed by atoms with Gasteiger partial charge in [0.05, 0.1) is 4.91 Å². The Bertz CT molecular complexity index is 977. The van der Waals surface area contributed by atoms with Crippen molar-refractivity contribution in [1.82, 2.24) is 10.6 Å². The van der Waals surface area contributed by atoms with E-state index in [1.807, 2.05) is 54.6 Å². The zero-order valence-corrected chi connectivity index (χ0v) is 18.6. The molecule has 156 valence electrons. The fourth-order valence-corrected chi connectivity index (χ4v) is 5.50. The van der Waals surface area contributed by atoms with Gasteiger partial charge in [0.1, 0.15) is 0 Å². The predicted octanol–water partition coefficient (Wildman–Crippen LogP) is 5.05. The van der Waals surface area contributed by atoms with Crippen LogP contribution in [-0.2, 0) is 16.1 Å². The van der Waals surface area contributed by atoms with Crippen molar-refractivity contribution in [2.45, 2.75) is 37.1 Å². The smallest absolute Gasteiger partial charge is 0.257 e. The topological polar surface area (TPSA) is 58.2 Å². The first kappa shape index (κ1) is 21.3. The van der Waals surface area contributed by atoms with E-state index in [2.05, 4.69) is 10.6 Å². The van der Waals surface area contributed by atoms with E-state index in [0.29, 0.717) is 27.9 Å². The van der Waals surface area contributed by atoms with Crippen molar-refractivity contribution in [3.05, 3.63) is 74.6 Å². The van der Waals surface area contributed by atoms with E-state index >= 15 is 0 Å². The summed E-state index contributed by atoms with van der Waals surface area (Å²) in [5.41, 5.74) is 1.85. The molecule has 1 saturated carbocycles. The molecule has 7 heteroatoms. The van der Waals surface area contributed by atoms with Crippen molar-refractivity contribution in [3.8, 4) is 0 Å². The fourth-order valence-electron chi connectivity index (χ4n) is 3.90. The quantitative estimate of drug-likeness (QED) is 0.627. The number of fused-ring (bicyclic) bond motifs is 1. The minimum Gasteiger partial charge on any atom is -0.352 e. The Kier molecular flexibility index (Phi) is 6.71. The first-order chi connectivity index (χ1) is 14.5. The van der Waals surface area contributed by atoms with E-state index in [-0.39, 0.29) is 29.0 Å². The number of rotatable bonds is 4. The monoisotopic (exact) mass is 460 g/mol. The van der Waals surface area contributed by atoms with Gasteiger partial charge in [0.15, 0.2) is 0 Å². The Labute approximate surface area is 190 Å². The third-order valence-corrected chi connectivity index (χ3v) is 7.57. The molecule has 2 fully saturated rings. The molecule has 0 aromatic heterocycles. The number of halogens is 2. The maximum Gasteiger partial charge on any atom is 0.257 e. The van der Waals surface area contributed by atoms with Crippen molar-refractivity contribution >= 4 is 52.9 Å². The molecule has 2 amide bonds. The molecule has 0 spiro atoms.